The van der Waals surface area contributed by atoms with Gasteiger partial charge in [-0.25, -0.2) is 9.97 Å². The standard InChI is InChI=1S/C23H28F3N7O/c1-14(15-9-16(23(24,25)26)11-17(27)10-15)30-21-18-12-20(33-6-3-4-7-33)29-13-19(18)31-22(32-21)28-5-8-34-2/h9-14H,3-8,27H2,1-2H3,(H2,28,30,31,32). The van der Waals surface area contributed by atoms with E-state index in [0.717, 1.165) is 49.3 Å². The van der Waals surface area contributed by atoms with Crippen LogP contribution < -0.4 is 21.3 Å². The van der Waals surface area contributed by atoms with Crippen LogP contribution in [0.3, 0.4) is 0 Å². The number of rotatable bonds is 8. The Kier molecular flexibility index (Phi) is 6.92. The Morgan fingerprint density at radius 1 is 1.15 bits per heavy atom. The third-order valence-electron chi connectivity index (χ3n) is 5.75. The molecule has 1 aliphatic rings. The van der Waals surface area contributed by atoms with Gasteiger partial charge in [0.15, 0.2) is 0 Å². The second-order valence-corrected chi connectivity index (χ2v) is 8.32. The molecule has 34 heavy (non-hydrogen) atoms. The number of aromatic nitrogens is 3. The van der Waals surface area contributed by atoms with Crippen molar-refractivity contribution < 1.29 is 17.9 Å². The highest BCUT2D eigenvalue weighted by Crippen LogP contribution is 2.34. The van der Waals surface area contributed by atoms with E-state index in [1.807, 2.05) is 6.07 Å². The number of anilines is 4. The third-order valence-corrected chi connectivity index (χ3v) is 5.75. The molecule has 1 saturated heterocycles. The van der Waals surface area contributed by atoms with Gasteiger partial charge in [0.2, 0.25) is 5.95 Å². The molecule has 0 bridgehead atoms. The number of fused-ring (bicyclic) bond motifs is 1. The van der Waals surface area contributed by atoms with Crippen LogP contribution in [0.15, 0.2) is 30.5 Å². The Bertz CT molecular complexity index is 1150. The van der Waals surface area contributed by atoms with Crippen molar-refractivity contribution in [2.75, 3.05) is 54.6 Å². The van der Waals surface area contributed by atoms with Gasteiger partial charge in [-0.15, -0.1) is 0 Å². The molecule has 0 aliphatic carbocycles. The van der Waals surface area contributed by atoms with Crippen molar-refractivity contribution in [3.8, 4) is 0 Å². The Morgan fingerprint density at radius 2 is 1.91 bits per heavy atom. The van der Waals surface area contributed by atoms with Crippen molar-refractivity contribution >= 4 is 34.2 Å². The van der Waals surface area contributed by atoms with Gasteiger partial charge in [-0.2, -0.15) is 18.2 Å². The summed E-state index contributed by atoms with van der Waals surface area (Å²) in [4.78, 5) is 15.9. The molecule has 4 N–H and O–H groups in total. The van der Waals surface area contributed by atoms with E-state index in [4.69, 9.17) is 10.5 Å². The van der Waals surface area contributed by atoms with Crippen LogP contribution in [0.4, 0.5) is 36.4 Å². The summed E-state index contributed by atoms with van der Waals surface area (Å²) in [6.45, 7) is 4.59. The number of hydrogen-bond donors (Lipinski definition) is 3. The van der Waals surface area contributed by atoms with Gasteiger partial charge >= 0.3 is 6.18 Å². The van der Waals surface area contributed by atoms with Crippen LogP contribution in [-0.2, 0) is 10.9 Å². The van der Waals surface area contributed by atoms with Crippen molar-refractivity contribution in [1.82, 2.24) is 15.0 Å². The lowest BCUT2D eigenvalue weighted by atomic mass is 10.0. The maximum Gasteiger partial charge on any atom is 0.416 e. The van der Waals surface area contributed by atoms with E-state index in [1.165, 1.54) is 6.07 Å². The van der Waals surface area contributed by atoms with Crippen molar-refractivity contribution in [2.45, 2.75) is 32.0 Å². The summed E-state index contributed by atoms with van der Waals surface area (Å²) in [6.07, 6.45) is -0.570. The summed E-state index contributed by atoms with van der Waals surface area (Å²) in [5.74, 6) is 1.70. The second kappa shape index (κ2) is 9.88. The zero-order valence-electron chi connectivity index (χ0n) is 19.1. The number of alkyl halides is 3. The molecule has 0 amide bonds. The fourth-order valence-electron chi connectivity index (χ4n) is 3.97. The molecule has 182 valence electrons. The second-order valence-electron chi connectivity index (χ2n) is 8.32. The zero-order chi connectivity index (χ0) is 24.3. The summed E-state index contributed by atoms with van der Waals surface area (Å²) in [7, 11) is 1.60. The minimum Gasteiger partial charge on any atom is -0.399 e. The van der Waals surface area contributed by atoms with E-state index in [1.54, 1.807) is 20.2 Å². The normalized spacial score (nSPS) is 15.0. The van der Waals surface area contributed by atoms with E-state index in [2.05, 4.69) is 30.5 Å². The van der Waals surface area contributed by atoms with Gasteiger partial charge in [0.1, 0.15) is 11.6 Å². The largest absolute Gasteiger partial charge is 0.416 e. The molecular weight excluding hydrogens is 447 g/mol. The first kappa shape index (κ1) is 23.8. The first-order chi connectivity index (χ1) is 16.2. The van der Waals surface area contributed by atoms with Gasteiger partial charge < -0.3 is 26.0 Å². The fourth-order valence-corrected chi connectivity index (χ4v) is 3.97. The molecule has 1 aromatic carbocycles. The van der Waals surface area contributed by atoms with Gasteiger partial charge in [0.05, 0.1) is 29.9 Å². The number of pyridine rings is 1. The molecule has 1 unspecified atom stereocenters. The lowest BCUT2D eigenvalue weighted by molar-refractivity contribution is -0.137. The van der Waals surface area contributed by atoms with Gasteiger partial charge in [-0.3, -0.25) is 0 Å². The molecular formula is C23H28F3N7O. The first-order valence-corrected chi connectivity index (χ1v) is 11.1. The van der Waals surface area contributed by atoms with Crippen LogP contribution in [0.2, 0.25) is 0 Å². The van der Waals surface area contributed by atoms with Crippen LogP contribution in [-0.4, -0.2) is 48.3 Å². The Labute approximate surface area is 195 Å². The van der Waals surface area contributed by atoms with E-state index in [0.29, 0.717) is 36.0 Å². The summed E-state index contributed by atoms with van der Waals surface area (Å²) in [5.41, 5.74) is 6.06. The van der Waals surface area contributed by atoms with E-state index in [9.17, 15) is 13.2 Å². The minimum atomic E-state index is -4.49. The molecule has 2 aromatic heterocycles. The van der Waals surface area contributed by atoms with E-state index < -0.39 is 17.8 Å². The molecule has 1 fully saturated rings. The summed E-state index contributed by atoms with van der Waals surface area (Å²) in [6, 6.07) is 4.99. The molecule has 0 radical (unpaired) electrons. The Balaban J connectivity index is 1.71. The Hall–Kier alpha value is -3.34. The fraction of sp³-hybridized carbons (Fsp3) is 0.435. The molecule has 3 aromatic rings. The van der Waals surface area contributed by atoms with Crippen LogP contribution >= 0.6 is 0 Å². The predicted molar refractivity (Wildman–Crippen MR) is 127 cm³/mol. The minimum absolute atomic E-state index is 0.0495. The average Bonchev–Trinajstić information content (AvgIpc) is 3.33. The topological polar surface area (TPSA) is 101 Å². The smallest absolute Gasteiger partial charge is 0.399 e. The van der Waals surface area contributed by atoms with Crippen LogP contribution in [0.1, 0.15) is 36.9 Å². The van der Waals surface area contributed by atoms with Crippen LogP contribution in [0.25, 0.3) is 10.9 Å². The molecule has 3 heterocycles. The number of benzene rings is 1. The van der Waals surface area contributed by atoms with Crippen molar-refractivity contribution in [3.63, 3.8) is 0 Å². The van der Waals surface area contributed by atoms with Gasteiger partial charge in [0, 0.05) is 37.8 Å². The number of nitrogen functional groups attached to an aromatic ring is 1. The number of methoxy groups -OCH3 is 1. The number of ether oxygens (including phenoxy) is 1. The zero-order valence-corrected chi connectivity index (χ0v) is 19.1. The van der Waals surface area contributed by atoms with Gasteiger partial charge in [-0.1, -0.05) is 0 Å². The highest BCUT2D eigenvalue weighted by atomic mass is 19.4. The molecule has 1 aliphatic heterocycles. The molecule has 11 heteroatoms. The summed E-state index contributed by atoms with van der Waals surface area (Å²) < 4.78 is 45.0. The lowest BCUT2D eigenvalue weighted by Gasteiger charge is -2.21. The number of nitrogens with one attached hydrogen (secondary N) is 2. The van der Waals surface area contributed by atoms with E-state index in [-0.39, 0.29) is 5.69 Å². The van der Waals surface area contributed by atoms with Crippen molar-refractivity contribution in [2.24, 2.45) is 0 Å². The maximum absolute atomic E-state index is 13.3. The van der Waals surface area contributed by atoms with Crippen LogP contribution in [0.5, 0.6) is 0 Å². The predicted octanol–water partition coefficient (Wildman–Crippen LogP) is 4.46. The third kappa shape index (κ3) is 5.41. The highest BCUT2D eigenvalue weighted by molar-refractivity contribution is 5.91. The SMILES string of the molecule is COCCNc1nc(NC(C)c2cc(N)cc(C(F)(F)F)c2)c2cc(N3CCCC3)ncc2n1. The monoisotopic (exact) mass is 475 g/mol. The van der Waals surface area contributed by atoms with Gasteiger partial charge in [-0.05, 0) is 49.6 Å². The maximum atomic E-state index is 13.3. The molecule has 0 saturated carbocycles. The summed E-state index contributed by atoms with van der Waals surface area (Å²) >= 11 is 0. The lowest BCUT2D eigenvalue weighted by Crippen LogP contribution is -2.19. The Morgan fingerprint density at radius 3 is 2.62 bits per heavy atom. The highest BCUT2D eigenvalue weighted by Gasteiger charge is 2.31. The molecule has 8 nitrogen and oxygen atoms in total. The molecule has 0 spiro atoms. The van der Waals surface area contributed by atoms with Crippen molar-refractivity contribution in [1.29, 1.82) is 0 Å². The quantitative estimate of drug-likeness (QED) is 0.324. The molecule has 1 atom stereocenters. The number of hydrogen-bond acceptors (Lipinski definition) is 8. The summed E-state index contributed by atoms with van der Waals surface area (Å²) in [5, 5.41) is 7.11. The van der Waals surface area contributed by atoms with Gasteiger partial charge in [0.25, 0.3) is 0 Å². The van der Waals surface area contributed by atoms with Crippen molar-refractivity contribution in [3.05, 3.63) is 41.6 Å². The van der Waals surface area contributed by atoms with Crippen LogP contribution in [0, 0.1) is 0 Å². The first-order valence-electron chi connectivity index (χ1n) is 11.1. The molecule has 4 rings (SSSR count). The number of halogens is 3. The number of nitrogens with zero attached hydrogens (tertiary/aromatic N) is 4. The van der Waals surface area contributed by atoms with E-state index >= 15 is 0 Å². The average molecular weight is 476 g/mol. The number of nitrogens with two attached hydrogens (primary N) is 1.